The zero-order chi connectivity index (χ0) is 11.5. The largest absolute Gasteiger partial charge is 0.0985 e. The molecule has 1 saturated carbocycles. The second-order valence-electron chi connectivity index (χ2n) is 4.89. The van der Waals surface area contributed by atoms with Crippen molar-refractivity contribution in [2.75, 3.05) is 0 Å². The van der Waals surface area contributed by atoms with Crippen LogP contribution in [0.1, 0.15) is 71.1 Å². The van der Waals surface area contributed by atoms with Gasteiger partial charge in [0.05, 0.1) is 0 Å². The summed E-state index contributed by atoms with van der Waals surface area (Å²) in [5, 5.41) is 0. The zero-order valence-corrected chi connectivity index (χ0v) is 10.8. The van der Waals surface area contributed by atoms with Crippen LogP contribution in [0.25, 0.3) is 0 Å². The molecule has 0 heterocycles. The fourth-order valence-electron chi connectivity index (χ4n) is 2.28. The number of hydrogen-bond donors (Lipinski definition) is 0. The minimum absolute atomic E-state index is 0.822. The first-order valence-electron chi connectivity index (χ1n) is 7.08. The number of hydrogen-bond acceptors (Lipinski definition) is 0. The van der Waals surface area contributed by atoms with Crippen LogP contribution in [0.5, 0.6) is 0 Å². The Hall–Kier alpha value is -0.700. The topological polar surface area (TPSA) is 0 Å². The number of rotatable bonds is 5. The van der Waals surface area contributed by atoms with Crippen LogP contribution in [0.4, 0.5) is 0 Å². The van der Waals surface area contributed by atoms with Gasteiger partial charge in [-0.3, -0.25) is 0 Å². The molecule has 0 atom stereocenters. The first-order chi connectivity index (χ1) is 7.93. The van der Waals surface area contributed by atoms with Crippen LogP contribution in [0.3, 0.4) is 0 Å². The van der Waals surface area contributed by atoms with E-state index in [1.54, 1.807) is 0 Å². The third-order valence-corrected chi connectivity index (χ3v) is 3.36. The first-order valence-corrected chi connectivity index (χ1v) is 7.08. The van der Waals surface area contributed by atoms with E-state index in [1.807, 2.05) is 0 Å². The fraction of sp³-hybridized carbons (Fsp3) is 0.750. The lowest BCUT2D eigenvalue weighted by molar-refractivity contribution is 0.419. The molecule has 0 unspecified atom stereocenters. The van der Waals surface area contributed by atoms with E-state index in [0.717, 1.165) is 12.3 Å². The minimum atomic E-state index is 0.822. The second kappa shape index (κ2) is 9.52. The number of allylic oxidation sites excluding steroid dienone is 2. The van der Waals surface area contributed by atoms with E-state index in [2.05, 4.69) is 30.9 Å². The highest BCUT2D eigenvalue weighted by Gasteiger charge is 2.08. The van der Waals surface area contributed by atoms with E-state index < -0.39 is 0 Å². The van der Waals surface area contributed by atoms with Gasteiger partial charge in [0, 0.05) is 6.42 Å². The monoisotopic (exact) mass is 218 g/mol. The molecule has 0 aliphatic heterocycles. The van der Waals surface area contributed by atoms with Crippen LogP contribution < -0.4 is 0 Å². The van der Waals surface area contributed by atoms with Gasteiger partial charge >= 0.3 is 0 Å². The highest BCUT2D eigenvalue weighted by Crippen LogP contribution is 2.24. The summed E-state index contributed by atoms with van der Waals surface area (Å²) in [7, 11) is 0. The first kappa shape index (κ1) is 13.4. The molecule has 16 heavy (non-hydrogen) atoms. The quantitative estimate of drug-likeness (QED) is 0.445. The van der Waals surface area contributed by atoms with Gasteiger partial charge in [-0.15, -0.1) is 0 Å². The van der Waals surface area contributed by atoms with Crippen molar-refractivity contribution in [3.05, 3.63) is 12.2 Å². The third-order valence-electron chi connectivity index (χ3n) is 3.36. The molecule has 0 aromatic heterocycles. The predicted molar refractivity (Wildman–Crippen MR) is 72.3 cm³/mol. The maximum absolute atomic E-state index is 3.25. The van der Waals surface area contributed by atoms with Crippen LogP contribution >= 0.6 is 0 Å². The summed E-state index contributed by atoms with van der Waals surface area (Å²) in [6.07, 6.45) is 17.8. The Kier molecular flexibility index (Phi) is 7.95. The van der Waals surface area contributed by atoms with Gasteiger partial charge in [0.2, 0.25) is 0 Å². The molecule has 90 valence electrons. The average Bonchev–Trinajstić information content (AvgIpc) is 2.34. The molecule has 1 rings (SSSR count). The average molecular weight is 218 g/mol. The fourth-order valence-corrected chi connectivity index (χ4v) is 2.28. The van der Waals surface area contributed by atoms with Crippen LogP contribution in [0.15, 0.2) is 12.2 Å². The predicted octanol–water partition coefficient (Wildman–Crippen LogP) is 5.10. The number of unbranched alkanes of at least 4 members (excludes halogenated alkanes) is 4. The molecule has 0 aromatic rings. The molecule has 0 radical (unpaired) electrons. The normalized spacial score (nSPS) is 17.3. The van der Waals surface area contributed by atoms with E-state index >= 15 is 0 Å². The van der Waals surface area contributed by atoms with Crippen molar-refractivity contribution in [2.24, 2.45) is 5.92 Å². The Morgan fingerprint density at radius 2 is 1.88 bits per heavy atom. The van der Waals surface area contributed by atoms with Gasteiger partial charge in [-0.05, 0) is 31.3 Å². The third kappa shape index (κ3) is 6.72. The maximum Gasteiger partial charge on any atom is 0.00922 e. The summed E-state index contributed by atoms with van der Waals surface area (Å²) in [5.74, 6) is 7.25. The Labute approximate surface area is 102 Å². The molecular formula is C16H26. The van der Waals surface area contributed by atoms with Crippen LogP contribution in [-0.2, 0) is 0 Å². The summed E-state index contributed by atoms with van der Waals surface area (Å²) >= 11 is 0. The molecule has 0 bridgehead atoms. The molecular weight excluding hydrogens is 192 g/mol. The zero-order valence-electron chi connectivity index (χ0n) is 10.8. The molecule has 0 nitrogen and oxygen atoms in total. The molecule has 0 amide bonds. The van der Waals surface area contributed by atoms with Gasteiger partial charge in [0.1, 0.15) is 0 Å². The summed E-state index contributed by atoms with van der Waals surface area (Å²) < 4.78 is 0. The van der Waals surface area contributed by atoms with Crippen molar-refractivity contribution >= 4 is 0 Å². The minimum Gasteiger partial charge on any atom is -0.0985 e. The standard InChI is InChI=1S/C16H26/c1-2-3-4-5-6-7-8-10-13-16-14-11-9-12-15-16/h10,13,16H,2-6,9,11-12,14-15H2,1H3/b13-10-. The molecule has 0 heteroatoms. The highest BCUT2D eigenvalue weighted by molar-refractivity contribution is 5.16. The molecule has 0 aromatic carbocycles. The lowest BCUT2D eigenvalue weighted by Crippen LogP contribution is -2.02. The van der Waals surface area contributed by atoms with Gasteiger partial charge < -0.3 is 0 Å². The Bertz CT molecular complexity index is 232. The van der Waals surface area contributed by atoms with Gasteiger partial charge in [-0.2, -0.15) is 0 Å². The van der Waals surface area contributed by atoms with E-state index in [4.69, 9.17) is 0 Å². The van der Waals surface area contributed by atoms with Gasteiger partial charge in [0.25, 0.3) is 0 Å². The summed E-state index contributed by atoms with van der Waals surface area (Å²) in [5.41, 5.74) is 0. The molecule has 1 aliphatic carbocycles. The van der Waals surface area contributed by atoms with Crippen LogP contribution in [-0.4, -0.2) is 0 Å². The van der Waals surface area contributed by atoms with Crippen molar-refractivity contribution in [3.8, 4) is 11.8 Å². The maximum atomic E-state index is 3.25. The molecule has 0 spiro atoms. The van der Waals surface area contributed by atoms with Crippen molar-refractivity contribution in [2.45, 2.75) is 71.1 Å². The van der Waals surface area contributed by atoms with Gasteiger partial charge in [0.15, 0.2) is 0 Å². The smallest absolute Gasteiger partial charge is 0.00922 e. The van der Waals surface area contributed by atoms with Gasteiger partial charge in [-0.25, -0.2) is 0 Å². The molecule has 0 N–H and O–H groups in total. The summed E-state index contributed by atoms with van der Waals surface area (Å²) in [6.45, 7) is 2.25. The lowest BCUT2D eigenvalue weighted by Gasteiger charge is -2.17. The molecule has 1 fully saturated rings. The van der Waals surface area contributed by atoms with E-state index in [9.17, 15) is 0 Å². The molecule has 1 aliphatic rings. The summed E-state index contributed by atoms with van der Waals surface area (Å²) in [6, 6.07) is 0. The van der Waals surface area contributed by atoms with Crippen molar-refractivity contribution in [3.63, 3.8) is 0 Å². The summed E-state index contributed by atoms with van der Waals surface area (Å²) in [4.78, 5) is 0. The lowest BCUT2D eigenvalue weighted by atomic mass is 9.89. The van der Waals surface area contributed by atoms with Crippen molar-refractivity contribution < 1.29 is 0 Å². The van der Waals surface area contributed by atoms with Crippen molar-refractivity contribution in [1.82, 2.24) is 0 Å². The molecule has 0 saturated heterocycles. The van der Waals surface area contributed by atoms with Crippen molar-refractivity contribution in [1.29, 1.82) is 0 Å². The van der Waals surface area contributed by atoms with Gasteiger partial charge in [-0.1, -0.05) is 63.4 Å². The van der Waals surface area contributed by atoms with E-state index in [-0.39, 0.29) is 0 Å². The SMILES string of the molecule is CCCCCCC#C/C=C\C1CCCCC1. The van der Waals surface area contributed by atoms with Crippen LogP contribution in [0.2, 0.25) is 0 Å². The van der Waals surface area contributed by atoms with E-state index in [0.29, 0.717) is 0 Å². The highest BCUT2D eigenvalue weighted by atomic mass is 14.1. The Morgan fingerprint density at radius 3 is 2.62 bits per heavy atom. The Balaban J connectivity index is 2.03. The van der Waals surface area contributed by atoms with E-state index in [1.165, 1.54) is 57.8 Å². The second-order valence-corrected chi connectivity index (χ2v) is 4.89. The Morgan fingerprint density at radius 1 is 1.06 bits per heavy atom. The van der Waals surface area contributed by atoms with Crippen LogP contribution in [0, 0.1) is 17.8 Å².